The molecule has 1 amide bonds. The number of nitrogens with two attached hydrogens (primary N) is 2. The molecule has 1 heterocycles. The van der Waals surface area contributed by atoms with E-state index in [2.05, 4.69) is 31.1 Å². The number of nitrogens with zero attached hydrogens (tertiary/aromatic N) is 2. The third-order valence-electron chi connectivity index (χ3n) is 3.14. The van der Waals surface area contributed by atoms with Crippen molar-refractivity contribution in [2.75, 3.05) is 31.2 Å². The first-order valence-corrected chi connectivity index (χ1v) is 7.26. The van der Waals surface area contributed by atoms with Crippen LogP contribution in [0.1, 0.15) is 35.5 Å². The lowest BCUT2D eigenvalue weighted by Gasteiger charge is -2.20. The van der Waals surface area contributed by atoms with E-state index in [0.29, 0.717) is 23.2 Å². The van der Waals surface area contributed by atoms with Crippen LogP contribution in [0.2, 0.25) is 0 Å². The van der Waals surface area contributed by atoms with Crippen LogP contribution < -0.4 is 16.8 Å². The van der Waals surface area contributed by atoms with Crippen LogP contribution in [0.4, 0.5) is 10.7 Å². The molecule has 0 atom stereocenters. The van der Waals surface area contributed by atoms with Crippen molar-refractivity contribution < 1.29 is 4.79 Å². The molecule has 0 aliphatic heterocycles. The lowest BCUT2D eigenvalue weighted by Crippen LogP contribution is -2.28. The Hall–Kier alpha value is -1.78. The quantitative estimate of drug-likeness (QED) is 0.660. The van der Waals surface area contributed by atoms with Gasteiger partial charge in [-0.15, -0.1) is 11.3 Å². The van der Waals surface area contributed by atoms with Gasteiger partial charge in [0.15, 0.2) is 0 Å². The Balaban J connectivity index is 2.63. The zero-order chi connectivity index (χ0) is 15.3. The van der Waals surface area contributed by atoms with Crippen LogP contribution in [0.25, 0.3) is 0 Å². The van der Waals surface area contributed by atoms with E-state index in [1.165, 1.54) is 0 Å². The maximum Gasteiger partial charge on any atom is 0.261 e. The number of hydrogen-bond acceptors (Lipinski definition) is 6. The molecular formula is C13H21N5OS. The van der Waals surface area contributed by atoms with Gasteiger partial charge in [0.25, 0.3) is 5.91 Å². The van der Waals surface area contributed by atoms with Crippen molar-refractivity contribution in [2.45, 2.75) is 26.3 Å². The summed E-state index contributed by atoms with van der Waals surface area (Å²) in [6.45, 7) is 5.95. The highest BCUT2D eigenvalue weighted by Gasteiger charge is 2.18. The molecule has 1 aromatic rings. The van der Waals surface area contributed by atoms with Crippen molar-refractivity contribution in [3.8, 4) is 6.07 Å². The molecule has 0 unspecified atom stereocenters. The second-order valence-corrected chi connectivity index (χ2v) is 5.90. The molecule has 6 nitrogen and oxygen atoms in total. The number of nitrogen functional groups attached to an aromatic ring is 1. The van der Waals surface area contributed by atoms with Crippen molar-refractivity contribution in [3.63, 3.8) is 0 Å². The summed E-state index contributed by atoms with van der Waals surface area (Å²) in [5, 5.41) is 12.9. The molecule has 0 aliphatic carbocycles. The Kier molecular flexibility index (Phi) is 5.80. The summed E-state index contributed by atoms with van der Waals surface area (Å²) >= 11 is 1.14. The topological polar surface area (TPSA) is 108 Å². The Labute approximate surface area is 123 Å². The minimum Gasteiger partial charge on any atom is -0.396 e. The molecule has 0 saturated carbocycles. The maximum atomic E-state index is 11.2. The van der Waals surface area contributed by atoms with Crippen LogP contribution in [0, 0.1) is 11.3 Å². The van der Waals surface area contributed by atoms with Crippen molar-refractivity contribution in [1.29, 1.82) is 5.26 Å². The lowest BCUT2D eigenvalue weighted by molar-refractivity contribution is 0.100. The first-order valence-electron chi connectivity index (χ1n) is 6.44. The van der Waals surface area contributed by atoms with Crippen LogP contribution in [-0.2, 0) is 0 Å². The van der Waals surface area contributed by atoms with Gasteiger partial charge >= 0.3 is 0 Å². The van der Waals surface area contributed by atoms with Gasteiger partial charge in [0.05, 0.1) is 5.69 Å². The third-order valence-corrected chi connectivity index (χ3v) is 4.31. The highest BCUT2D eigenvalue weighted by Crippen LogP contribution is 2.34. The van der Waals surface area contributed by atoms with Gasteiger partial charge in [-0.2, -0.15) is 5.26 Å². The molecule has 0 spiro atoms. The molecule has 0 fully saturated rings. The summed E-state index contributed by atoms with van der Waals surface area (Å²) < 4.78 is 0. The molecule has 0 aromatic carbocycles. The molecule has 0 radical (unpaired) electrons. The van der Waals surface area contributed by atoms with Crippen LogP contribution in [0.15, 0.2) is 0 Å². The summed E-state index contributed by atoms with van der Waals surface area (Å²) in [7, 11) is 2.07. The molecule has 0 bridgehead atoms. The normalized spacial score (nSPS) is 10.8. The first-order chi connectivity index (χ1) is 9.38. The highest BCUT2D eigenvalue weighted by molar-refractivity contribution is 7.18. The van der Waals surface area contributed by atoms with Gasteiger partial charge in [0.2, 0.25) is 0 Å². The van der Waals surface area contributed by atoms with Crippen LogP contribution in [-0.4, -0.2) is 37.0 Å². The number of amides is 1. The number of anilines is 2. The third kappa shape index (κ3) is 3.85. The van der Waals surface area contributed by atoms with E-state index >= 15 is 0 Å². The molecular weight excluding hydrogens is 274 g/mol. The molecule has 1 rings (SSSR count). The van der Waals surface area contributed by atoms with E-state index in [-0.39, 0.29) is 10.6 Å². The Morgan fingerprint density at radius 3 is 2.70 bits per heavy atom. The molecule has 0 saturated heterocycles. The number of rotatable bonds is 7. The van der Waals surface area contributed by atoms with Crippen molar-refractivity contribution in [1.82, 2.24) is 4.90 Å². The van der Waals surface area contributed by atoms with Gasteiger partial charge in [0, 0.05) is 12.6 Å². The van der Waals surface area contributed by atoms with E-state index in [4.69, 9.17) is 16.7 Å². The predicted octanol–water partition coefficient (Wildman–Crippen LogP) is 1.44. The fourth-order valence-electron chi connectivity index (χ4n) is 1.65. The van der Waals surface area contributed by atoms with Gasteiger partial charge in [-0.25, -0.2) is 0 Å². The van der Waals surface area contributed by atoms with Gasteiger partial charge in [-0.1, -0.05) is 0 Å². The number of nitriles is 1. The fourth-order valence-corrected chi connectivity index (χ4v) is 2.60. The second-order valence-electron chi connectivity index (χ2n) is 4.88. The standard InChI is InChI=1S/C13H21N5OS/c1-8(2)18(3)6-4-5-17-13-9(7-14)10(15)11(20-13)12(16)19/h8,17H,4-6,15H2,1-3H3,(H2,16,19). The summed E-state index contributed by atoms with van der Waals surface area (Å²) in [6.07, 6.45) is 0.934. The van der Waals surface area contributed by atoms with Crippen LogP contribution >= 0.6 is 11.3 Å². The van der Waals surface area contributed by atoms with Crippen molar-refractivity contribution in [2.24, 2.45) is 5.73 Å². The number of carbonyl (C=O) groups is 1. The SMILES string of the molecule is CC(C)N(C)CCCNc1sc(C(N)=O)c(N)c1C#N. The number of carbonyl (C=O) groups excluding carboxylic acids is 1. The second kappa shape index (κ2) is 7.12. The zero-order valence-electron chi connectivity index (χ0n) is 12.1. The van der Waals surface area contributed by atoms with Gasteiger partial charge in [-0.3, -0.25) is 4.79 Å². The minimum atomic E-state index is -0.600. The number of hydrogen-bond donors (Lipinski definition) is 3. The van der Waals surface area contributed by atoms with E-state index in [9.17, 15) is 4.79 Å². The van der Waals surface area contributed by atoms with Crippen LogP contribution in [0.3, 0.4) is 0 Å². The molecule has 20 heavy (non-hydrogen) atoms. The van der Waals surface area contributed by atoms with Gasteiger partial charge < -0.3 is 21.7 Å². The smallest absolute Gasteiger partial charge is 0.261 e. The molecule has 5 N–H and O–H groups in total. The van der Waals surface area contributed by atoms with Crippen molar-refractivity contribution in [3.05, 3.63) is 10.4 Å². The average Bonchev–Trinajstić information content (AvgIpc) is 2.70. The highest BCUT2D eigenvalue weighted by atomic mass is 32.1. The molecule has 110 valence electrons. The predicted molar refractivity (Wildman–Crippen MR) is 82.8 cm³/mol. The van der Waals surface area contributed by atoms with E-state index in [1.54, 1.807) is 0 Å². The van der Waals surface area contributed by atoms with Crippen LogP contribution in [0.5, 0.6) is 0 Å². The van der Waals surface area contributed by atoms with Gasteiger partial charge in [0.1, 0.15) is 21.5 Å². The summed E-state index contributed by atoms with van der Waals surface area (Å²) in [5.41, 5.74) is 11.5. The largest absolute Gasteiger partial charge is 0.396 e. The number of nitrogens with one attached hydrogen (secondary N) is 1. The first kappa shape index (κ1) is 16.3. The number of thiophene rings is 1. The molecule has 1 aromatic heterocycles. The maximum absolute atomic E-state index is 11.2. The monoisotopic (exact) mass is 295 g/mol. The molecule has 7 heteroatoms. The molecule has 0 aliphatic rings. The summed E-state index contributed by atoms with van der Waals surface area (Å²) in [4.78, 5) is 13.7. The summed E-state index contributed by atoms with van der Waals surface area (Å²) in [5.74, 6) is -0.600. The van der Waals surface area contributed by atoms with E-state index < -0.39 is 5.91 Å². The Morgan fingerprint density at radius 2 is 2.20 bits per heavy atom. The number of primary amides is 1. The van der Waals surface area contributed by atoms with Crippen molar-refractivity contribution >= 4 is 27.9 Å². The minimum absolute atomic E-state index is 0.173. The summed E-state index contributed by atoms with van der Waals surface area (Å²) in [6, 6.07) is 2.52. The average molecular weight is 295 g/mol. The lowest BCUT2D eigenvalue weighted by atomic mass is 10.2. The Morgan fingerprint density at radius 1 is 1.55 bits per heavy atom. The Bertz CT molecular complexity index is 518. The zero-order valence-corrected chi connectivity index (χ0v) is 12.9. The van der Waals surface area contributed by atoms with E-state index in [0.717, 1.165) is 24.3 Å². The van der Waals surface area contributed by atoms with E-state index in [1.807, 2.05) is 6.07 Å². The van der Waals surface area contributed by atoms with Gasteiger partial charge in [-0.05, 0) is 33.9 Å². The fraction of sp³-hybridized carbons (Fsp3) is 0.538.